The van der Waals surface area contributed by atoms with Gasteiger partial charge in [-0.3, -0.25) is 14.2 Å². The number of nitrogens with one attached hydrogen (secondary N) is 1. The molecular weight excluding hydrogens is 393 g/mol. The number of halogens is 3. The summed E-state index contributed by atoms with van der Waals surface area (Å²) in [5.74, 6) is -0.0937. The van der Waals surface area contributed by atoms with E-state index >= 15 is 0 Å². The van der Waals surface area contributed by atoms with Gasteiger partial charge in [-0.05, 0) is 6.07 Å². The predicted octanol–water partition coefficient (Wildman–Crippen LogP) is 1.71. The molecule has 1 aliphatic heterocycles. The Bertz CT molecular complexity index is 954. The van der Waals surface area contributed by atoms with Gasteiger partial charge in [-0.25, -0.2) is 0 Å². The van der Waals surface area contributed by atoms with Gasteiger partial charge in [0.1, 0.15) is 5.75 Å². The van der Waals surface area contributed by atoms with Crippen LogP contribution in [-0.4, -0.2) is 40.1 Å². The molecule has 1 aliphatic rings. The first kappa shape index (κ1) is 18.9. The lowest BCUT2D eigenvalue weighted by Gasteiger charge is -2.16. The second kappa shape index (κ2) is 6.46. The first-order valence-electron chi connectivity index (χ1n) is 6.14. The van der Waals surface area contributed by atoms with Crippen LogP contribution in [0.25, 0.3) is 10.2 Å². The van der Waals surface area contributed by atoms with Crippen molar-refractivity contribution < 1.29 is 35.1 Å². The van der Waals surface area contributed by atoms with Gasteiger partial charge < -0.3 is 9.30 Å². The van der Waals surface area contributed by atoms with Crippen LogP contribution in [0.2, 0.25) is 0 Å². The van der Waals surface area contributed by atoms with E-state index in [0.29, 0.717) is 33.7 Å². The molecule has 134 valence electrons. The summed E-state index contributed by atoms with van der Waals surface area (Å²) in [6, 6.07) is 2.38. The van der Waals surface area contributed by atoms with E-state index in [-0.39, 0.29) is 4.80 Å². The van der Waals surface area contributed by atoms with E-state index in [9.17, 15) is 25.8 Å². The fourth-order valence-electron chi connectivity index (χ4n) is 2.03. The Hall–Kier alpha value is -1.44. The highest BCUT2D eigenvalue weighted by Gasteiger charge is 2.32. The standard InChI is InChI=1S/C10H7F3N2O2S2.CH4O3S/c11-10(12,13)17-5-3-6-8-7(4-5)19(16)2-1-15(8)9(14)18-6;1-5(2,3)4/h3-4,14H,1-2H2;1H3,(H,2,3,4). The Balaban J connectivity index is 0.000000368. The second-order valence-corrected chi connectivity index (χ2v) is 8.69. The number of hydrogen-bond acceptors (Lipinski definition) is 6. The summed E-state index contributed by atoms with van der Waals surface area (Å²) in [4.78, 5) is 0.537. The number of thiazole rings is 1. The average Bonchev–Trinajstić information content (AvgIpc) is 2.66. The van der Waals surface area contributed by atoms with Crippen molar-refractivity contribution >= 4 is 42.5 Å². The Morgan fingerprint density at radius 2 is 2.00 bits per heavy atom. The predicted molar refractivity (Wildman–Crippen MR) is 81.1 cm³/mol. The molecule has 3 rings (SSSR count). The molecule has 0 saturated heterocycles. The number of benzene rings is 1. The number of aryl methyl sites for hydroxylation is 1. The van der Waals surface area contributed by atoms with Crippen LogP contribution in [0.4, 0.5) is 13.2 Å². The van der Waals surface area contributed by atoms with Crippen LogP contribution in [0.1, 0.15) is 0 Å². The van der Waals surface area contributed by atoms with E-state index in [1.165, 1.54) is 6.07 Å². The molecule has 1 atom stereocenters. The van der Waals surface area contributed by atoms with Gasteiger partial charge in [0.25, 0.3) is 10.1 Å². The monoisotopic (exact) mass is 404 g/mol. The summed E-state index contributed by atoms with van der Waals surface area (Å²) in [6.45, 7) is 0.442. The molecule has 1 aromatic heterocycles. The van der Waals surface area contributed by atoms with Crippen LogP contribution >= 0.6 is 11.3 Å². The van der Waals surface area contributed by atoms with Crippen LogP contribution in [0.15, 0.2) is 17.0 Å². The first-order valence-corrected chi connectivity index (χ1v) is 10.1. The van der Waals surface area contributed by atoms with E-state index in [1.54, 1.807) is 4.57 Å². The third-order valence-corrected chi connectivity index (χ3v) is 5.01. The quantitative estimate of drug-likeness (QED) is 0.703. The summed E-state index contributed by atoms with van der Waals surface area (Å²) < 4.78 is 80.5. The molecule has 0 aliphatic carbocycles. The first-order chi connectivity index (χ1) is 10.8. The van der Waals surface area contributed by atoms with Gasteiger partial charge in [0.2, 0.25) is 0 Å². The number of hydrogen-bond donors (Lipinski definition) is 2. The van der Waals surface area contributed by atoms with E-state index in [2.05, 4.69) is 4.74 Å². The minimum atomic E-state index is -4.78. The molecule has 1 unspecified atom stereocenters. The van der Waals surface area contributed by atoms with Gasteiger partial charge in [0, 0.05) is 18.4 Å². The Morgan fingerprint density at radius 3 is 2.54 bits per heavy atom. The van der Waals surface area contributed by atoms with E-state index in [4.69, 9.17) is 9.96 Å². The molecule has 0 spiro atoms. The van der Waals surface area contributed by atoms with Crippen molar-refractivity contribution in [1.29, 1.82) is 5.41 Å². The Labute approximate surface area is 140 Å². The van der Waals surface area contributed by atoms with Crippen LogP contribution in [-0.2, 0) is 27.5 Å². The smallest absolute Gasteiger partial charge is 0.406 e. The molecule has 2 heterocycles. The fourth-order valence-corrected chi connectivity index (χ4v) is 4.34. The second-order valence-electron chi connectivity index (χ2n) is 4.66. The molecule has 1 aromatic carbocycles. The molecule has 13 heteroatoms. The van der Waals surface area contributed by atoms with Crippen LogP contribution < -0.4 is 9.54 Å². The molecular formula is C11H11F3N2O5S3. The van der Waals surface area contributed by atoms with Gasteiger partial charge >= 0.3 is 6.36 Å². The molecule has 7 nitrogen and oxygen atoms in total. The average molecular weight is 404 g/mol. The lowest BCUT2D eigenvalue weighted by atomic mass is 10.3. The fraction of sp³-hybridized carbons (Fsp3) is 0.364. The lowest BCUT2D eigenvalue weighted by molar-refractivity contribution is -0.274. The minimum Gasteiger partial charge on any atom is -0.406 e. The number of rotatable bonds is 1. The maximum atomic E-state index is 12.2. The lowest BCUT2D eigenvalue weighted by Crippen LogP contribution is -2.22. The highest BCUT2D eigenvalue weighted by Crippen LogP contribution is 2.34. The summed E-state index contributed by atoms with van der Waals surface area (Å²) in [7, 11) is -5.03. The SMILES string of the molecule is CS(=O)(=O)O.N=c1sc2cc(OC(F)(F)F)cc3c2n1CCS3=O. The van der Waals surface area contributed by atoms with Crippen molar-refractivity contribution in [1.82, 2.24) is 4.57 Å². The molecule has 0 radical (unpaired) electrons. The van der Waals surface area contributed by atoms with Gasteiger partial charge in [0.05, 0.1) is 32.2 Å². The summed E-state index contributed by atoms with van der Waals surface area (Å²) >= 11 is 1.05. The van der Waals surface area contributed by atoms with Crippen molar-refractivity contribution in [2.75, 3.05) is 12.0 Å². The molecule has 0 saturated carbocycles. The van der Waals surface area contributed by atoms with Gasteiger partial charge in [-0.1, -0.05) is 11.3 Å². The maximum Gasteiger partial charge on any atom is 0.573 e. The number of nitrogens with zero attached hydrogens (tertiary/aromatic N) is 1. The Morgan fingerprint density at radius 1 is 1.42 bits per heavy atom. The number of aromatic nitrogens is 1. The summed E-state index contributed by atoms with van der Waals surface area (Å²) in [5.41, 5.74) is 0.578. The topological polar surface area (TPSA) is 109 Å². The molecule has 0 bridgehead atoms. The maximum absolute atomic E-state index is 12.2. The third-order valence-electron chi connectivity index (χ3n) is 2.71. The van der Waals surface area contributed by atoms with Crippen molar-refractivity contribution in [3.8, 4) is 5.75 Å². The zero-order chi connectivity index (χ0) is 18.3. The molecule has 0 amide bonds. The van der Waals surface area contributed by atoms with Gasteiger partial charge in [-0.15, -0.1) is 13.2 Å². The largest absolute Gasteiger partial charge is 0.573 e. The molecule has 2 N–H and O–H groups in total. The number of ether oxygens (including phenoxy) is 1. The molecule has 24 heavy (non-hydrogen) atoms. The van der Waals surface area contributed by atoms with Crippen molar-refractivity contribution in [3.05, 3.63) is 16.9 Å². The van der Waals surface area contributed by atoms with E-state index < -0.39 is 33.0 Å². The zero-order valence-electron chi connectivity index (χ0n) is 12.0. The zero-order valence-corrected chi connectivity index (χ0v) is 14.4. The third kappa shape index (κ3) is 4.78. The van der Waals surface area contributed by atoms with Crippen molar-refractivity contribution in [2.24, 2.45) is 0 Å². The highest BCUT2D eigenvalue weighted by atomic mass is 32.2. The van der Waals surface area contributed by atoms with Crippen LogP contribution in [0.5, 0.6) is 5.75 Å². The van der Waals surface area contributed by atoms with Gasteiger partial charge in [0.15, 0.2) is 4.80 Å². The van der Waals surface area contributed by atoms with Crippen molar-refractivity contribution in [2.45, 2.75) is 17.8 Å². The minimum absolute atomic E-state index is 0.233. The van der Waals surface area contributed by atoms with Crippen LogP contribution in [0, 0.1) is 5.41 Å². The highest BCUT2D eigenvalue weighted by molar-refractivity contribution is 7.85. The molecule has 2 aromatic rings. The van der Waals surface area contributed by atoms with Crippen LogP contribution in [0.3, 0.4) is 0 Å². The van der Waals surface area contributed by atoms with E-state index in [0.717, 1.165) is 17.4 Å². The summed E-state index contributed by atoms with van der Waals surface area (Å²) in [5, 5.41) is 7.77. The Kier molecular flexibility index (Phi) is 5.09. The van der Waals surface area contributed by atoms with Gasteiger partial charge in [-0.2, -0.15) is 8.42 Å². The van der Waals surface area contributed by atoms with E-state index in [1.807, 2.05) is 0 Å². The summed E-state index contributed by atoms with van der Waals surface area (Å²) in [6.07, 6.45) is -4.07. The normalized spacial score (nSPS) is 17.3. The number of alkyl halides is 3. The van der Waals surface area contributed by atoms with Crippen molar-refractivity contribution in [3.63, 3.8) is 0 Å². The molecule has 0 fully saturated rings.